The molecule has 0 atom stereocenters. The van der Waals surface area contributed by atoms with Crippen LogP contribution in [0.1, 0.15) is 12.5 Å². The molecule has 1 amide bonds. The van der Waals surface area contributed by atoms with Crippen LogP contribution < -0.4 is 0 Å². The standard InChI is InChI=1S/C12H16N2O3/c1-3-17-12(16)11(15)14(2)8-6-10-5-4-7-13-9-10/h4-5,7,9H,3,6,8H2,1-2H3. The van der Waals surface area contributed by atoms with Gasteiger partial charge in [-0.3, -0.25) is 9.78 Å². The van der Waals surface area contributed by atoms with Gasteiger partial charge < -0.3 is 9.64 Å². The Morgan fingerprint density at radius 1 is 1.47 bits per heavy atom. The van der Waals surface area contributed by atoms with Crippen molar-refractivity contribution in [1.29, 1.82) is 0 Å². The predicted octanol–water partition coefficient (Wildman–Crippen LogP) is 0.646. The SMILES string of the molecule is CCOC(=O)C(=O)N(C)CCc1cccnc1. The molecule has 0 saturated carbocycles. The quantitative estimate of drug-likeness (QED) is 0.568. The summed E-state index contributed by atoms with van der Waals surface area (Å²) >= 11 is 0. The third-order valence-electron chi connectivity index (χ3n) is 2.26. The van der Waals surface area contributed by atoms with E-state index in [0.29, 0.717) is 13.0 Å². The first-order valence-corrected chi connectivity index (χ1v) is 5.46. The van der Waals surface area contributed by atoms with Gasteiger partial charge in [-0.1, -0.05) is 6.07 Å². The van der Waals surface area contributed by atoms with Gasteiger partial charge in [0.05, 0.1) is 6.61 Å². The van der Waals surface area contributed by atoms with E-state index in [1.54, 1.807) is 26.4 Å². The van der Waals surface area contributed by atoms with E-state index in [0.717, 1.165) is 5.56 Å². The number of esters is 1. The van der Waals surface area contributed by atoms with Gasteiger partial charge in [-0.2, -0.15) is 0 Å². The molecule has 0 bridgehead atoms. The number of nitrogens with zero attached hydrogens (tertiary/aromatic N) is 2. The zero-order chi connectivity index (χ0) is 12.7. The third-order valence-corrected chi connectivity index (χ3v) is 2.26. The van der Waals surface area contributed by atoms with Crippen LogP contribution in [-0.4, -0.2) is 42.0 Å². The minimum absolute atomic E-state index is 0.209. The summed E-state index contributed by atoms with van der Waals surface area (Å²) in [5.74, 6) is -1.42. The van der Waals surface area contributed by atoms with Crippen LogP contribution in [0.25, 0.3) is 0 Å². The molecule has 0 fully saturated rings. The van der Waals surface area contributed by atoms with Crippen LogP contribution in [0.2, 0.25) is 0 Å². The van der Waals surface area contributed by atoms with Crippen molar-refractivity contribution in [3.05, 3.63) is 30.1 Å². The van der Waals surface area contributed by atoms with Gasteiger partial charge in [-0.25, -0.2) is 4.79 Å². The van der Waals surface area contributed by atoms with E-state index in [-0.39, 0.29) is 6.61 Å². The molecule has 1 rings (SSSR count). The maximum absolute atomic E-state index is 11.5. The van der Waals surface area contributed by atoms with Gasteiger partial charge in [0.15, 0.2) is 0 Å². The van der Waals surface area contributed by atoms with E-state index in [2.05, 4.69) is 9.72 Å². The van der Waals surface area contributed by atoms with Gasteiger partial charge in [0.1, 0.15) is 0 Å². The van der Waals surface area contributed by atoms with Gasteiger partial charge in [-0.05, 0) is 25.0 Å². The van der Waals surface area contributed by atoms with E-state index in [4.69, 9.17) is 0 Å². The number of hydrogen-bond donors (Lipinski definition) is 0. The number of ether oxygens (including phenoxy) is 1. The van der Waals surface area contributed by atoms with Crippen LogP contribution in [0.15, 0.2) is 24.5 Å². The molecule has 5 nitrogen and oxygen atoms in total. The number of amides is 1. The van der Waals surface area contributed by atoms with Crippen LogP contribution in [0.4, 0.5) is 0 Å². The number of likely N-dealkylation sites (N-methyl/N-ethyl adjacent to an activating group) is 1. The molecule has 0 aliphatic carbocycles. The van der Waals surface area contributed by atoms with Crippen LogP contribution in [0.5, 0.6) is 0 Å². The van der Waals surface area contributed by atoms with Crippen molar-refractivity contribution < 1.29 is 14.3 Å². The number of rotatable bonds is 4. The number of aromatic nitrogens is 1. The second-order valence-electron chi connectivity index (χ2n) is 3.56. The lowest BCUT2D eigenvalue weighted by atomic mass is 10.2. The summed E-state index contributed by atoms with van der Waals surface area (Å²) in [5, 5.41) is 0. The summed E-state index contributed by atoms with van der Waals surface area (Å²) in [7, 11) is 1.58. The lowest BCUT2D eigenvalue weighted by Gasteiger charge is -2.15. The molecule has 1 aromatic heterocycles. The predicted molar refractivity (Wildman–Crippen MR) is 62.2 cm³/mol. The molecule has 0 aromatic carbocycles. The van der Waals surface area contributed by atoms with Gasteiger partial charge >= 0.3 is 11.9 Å². The lowest BCUT2D eigenvalue weighted by Crippen LogP contribution is -2.35. The smallest absolute Gasteiger partial charge is 0.396 e. The van der Waals surface area contributed by atoms with Gasteiger partial charge in [0.2, 0.25) is 0 Å². The summed E-state index contributed by atoms with van der Waals surface area (Å²) in [4.78, 5) is 28.0. The molecule has 0 unspecified atom stereocenters. The molecule has 0 aliphatic heterocycles. The van der Waals surface area contributed by atoms with Crippen molar-refractivity contribution >= 4 is 11.9 Å². The molecule has 1 heterocycles. The van der Waals surface area contributed by atoms with Crippen LogP contribution >= 0.6 is 0 Å². The molecule has 5 heteroatoms. The minimum atomic E-state index is -0.804. The van der Waals surface area contributed by atoms with Gasteiger partial charge in [0, 0.05) is 26.0 Å². The van der Waals surface area contributed by atoms with E-state index in [9.17, 15) is 9.59 Å². The zero-order valence-electron chi connectivity index (χ0n) is 10.0. The van der Waals surface area contributed by atoms with Crippen molar-refractivity contribution in [3.8, 4) is 0 Å². The number of carbonyl (C=O) groups excluding carboxylic acids is 2. The number of pyridine rings is 1. The Kier molecular flexibility index (Phi) is 5.13. The number of carbonyl (C=O) groups is 2. The Balaban J connectivity index is 2.42. The second kappa shape index (κ2) is 6.62. The molecule has 0 saturated heterocycles. The molecule has 0 N–H and O–H groups in total. The average Bonchev–Trinajstić information content (AvgIpc) is 2.36. The fourth-order valence-corrected chi connectivity index (χ4v) is 1.29. The van der Waals surface area contributed by atoms with E-state index in [1.165, 1.54) is 4.90 Å². The normalized spacial score (nSPS) is 9.76. The Morgan fingerprint density at radius 3 is 2.82 bits per heavy atom. The molecule has 92 valence electrons. The fraction of sp³-hybridized carbons (Fsp3) is 0.417. The Bertz CT molecular complexity index is 379. The van der Waals surface area contributed by atoms with E-state index < -0.39 is 11.9 Å². The van der Waals surface area contributed by atoms with Crippen molar-refractivity contribution in [3.63, 3.8) is 0 Å². The van der Waals surface area contributed by atoms with Crippen LogP contribution in [0, 0.1) is 0 Å². The summed E-state index contributed by atoms with van der Waals surface area (Å²) in [6.45, 7) is 2.34. The summed E-state index contributed by atoms with van der Waals surface area (Å²) in [6.07, 6.45) is 4.09. The molecule has 1 aromatic rings. The van der Waals surface area contributed by atoms with Crippen molar-refractivity contribution in [2.45, 2.75) is 13.3 Å². The van der Waals surface area contributed by atoms with Crippen molar-refractivity contribution in [2.24, 2.45) is 0 Å². The molecule has 17 heavy (non-hydrogen) atoms. The maximum Gasteiger partial charge on any atom is 0.396 e. The van der Waals surface area contributed by atoms with Crippen LogP contribution in [-0.2, 0) is 20.7 Å². The largest absolute Gasteiger partial charge is 0.459 e. The first kappa shape index (κ1) is 13.2. The zero-order valence-corrected chi connectivity index (χ0v) is 10.0. The Labute approximate surface area is 100 Å². The first-order valence-electron chi connectivity index (χ1n) is 5.46. The van der Waals surface area contributed by atoms with E-state index in [1.807, 2.05) is 12.1 Å². The molecule has 0 radical (unpaired) electrons. The van der Waals surface area contributed by atoms with Crippen LogP contribution in [0.3, 0.4) is 0 Å². The lowest BCUT2D eigenvalue weighted by molar-refractivity contribution is -0.159. The summed E-state index contributed by atoms with van der Waals surface area (Å²) in [5.41, 5.74) is 1.02. The van der Waals surface area contributed by atoms with E-state index >= 15 is 0 Å². The Hall–Kier alpha value is -1.91. The summed E-state index contributed by atoms with van der Waals surface area (Å²) < 4.78 is 4.63. The highest BCUT2D eigenvalue weighted by molar-refractivity contribution is 6.32. The third kappa shape index (κ3) is 4.22. The highest BCUT2D eigenvalue weighted by Gasteiger charge is 2.19. The Morgan fingerprint density at radius 2 is 2.24 bits per heavy atom. The topological polar surface area (TPSA) is 59.5 Å². The van der Waals surface area contributed by atoms with Gasteiger partial charge in [0.25, 0.3) is 0 Å². The van der Waals surface area contributed by atoms with Crippen molar-refractivity contribution in [1.82, 2.24) is 9.88 Å². The van der Waals surface area contributed by atoms with Crippen molar-refractivity contribution in [2.75, 3.05) is 20.2 Å². The first-order chi connectivity index (χ1) is 8.15. The number of hydrogen-bond acceptors (Lipinski definition) is 4. The maximum atomic E-state index is 11.5. The monoisotopic (exact) mass is 236 g/mol. The molecular weight excluding hydrogens is 220 g/mol. The highest BCUT2D eigenvalue weighted by Crippen LogP contribution is 1.99. The summed E-state index contributed by atoms with van der Waals surface area (Å²) in [6, 6.07) is 3.76. The second-order valence-corrected chi connectivity index (χ2v) is 3.56. The highest BCUT2D eigenvalue weighted by atomic mass is 16.5. The minimum Gasteiger partial charge on any atom is -0.459 e. The fourth-order valence-electron chi connectivity index (χ4n) is 1.29. The average molecular weight is 236 g/mol. The molecule has 0 aliphatic rings. The molecule has 0 spiro atoms. The molecular formula is C12H16N2O3. The van der Waals surface area contributed by atoms with Gasteiger partial charge in [-0.15, -0.1) is 0 Å².